The van der Waals surface area contributed by atoms with Crippen LogP contribution in [0.4, 0.5) is 13.6 Å². The van der Waals surface area contributed by atoms with E-state index in [4.69, 9.17) is 11.3 Å². The molecule has 1 N–H and O–H groups in total. The average Bonchev–Trinajstić information content (AvgIpc) is 3.70. The molecule has 0 bridgehead atoms. The van der Waals surface area contributed by atoms with Gasteiger partial charge in [-0.25, -0.2) is 18.1 Å². The summed E-state index contributed by atoms with van der Waals surface area (Å²) in [5, 5.41) is 3.66. The van der Waals surface area contributed by atoms with Crippen LogP contribution in [-0.4, -0.2) is 51.9 Å². The summed E-state index contributed by atoms with van der Waals surface area (Å²) in [6.45, 7) is 8.17. The van der Waals surface area contributed by atoms with Gasteiger partial charge in [-0.1, -0.05) is 60.7 Å². The molecule has 0 radical (unpaired) electrons. The zero-order valence-corrected chi connectivity index (χ0v) is 25.7. The van der Waals surface area contributed by atoms with Gasteiger partial charge in [0.2, 0.25) is 11.8 Å². The summed E-state index contributed by atoms with van der Waals surface area (Å²) in [6, 6.07) is 21.0. The summed E-state index contributed by atoms with van der Waals surface area (Å²) in [7, 11) is 0. The second-order valence-electron chi connectivity index (χ2n) is 12.5. The molecule has 4 aromatic rings. The van der Waals surface area contributed by atoms with Crippen LogP contribution in [0.15, 0.2) is 78.9 Å². The molecule has 2 aliphatic rings. The Hall–Kier alpha value is -5.04. The number of carbonyl (C=O) groups is 3. The van der Waals surface area contributed by atoms with Crippen LogP contribution in [0.2, 0.25) is 0 Å². The minimum Gasteiger partial charge on any atom is -0.369 e. The van der Waals surface area contributed by atoms with Gasteiger partial charge in [-0.2, -0.15) is 0 Å². The largest absolute Gasteiger partial charge is 0.424 e. The van der Waals surface area contributed by atoms with E-state index in [-0.39, 0.29) is 31.1 Å². The van der Waals surface area contributed by atoms with Crippen molar-refractivity contribution in [3.05, 3.63) is 112 Å². The number of para-hydroxylation sites is 1. The maximum Gasteiger partial charge on any atom is 0.424 e. The number of aromatic nitrogens is 1. The SMILES string of the molecule is C#[N+]C(C)(C)OC(=O)n1c(CC(=O)N2C[C@H](F)C[C@H]2C(=O)N[C@@H](c2ccccc2)c2ccc(C3CC3)c(F)c2)cc2ccccc21. The van der Waals surface area contributed by atoms with Crippen LogP contribution in [0.3, 0.4) is 0 Å². The maximum absolute atomic E-state index is 15.1. The van der Waals surface area contributed by atoms with Crippen molar-refractivity contribution in [3.63, 3.8) is 0 Å². The van der Waals surface area contributed by atoms with E-state index in [1.807, 2.05) is 30.3 Å². The average molecular weight is 626 g/mol. The zero-order chi connectivity index (χ0) is 32.6. The molecule has 3 atom stereocenters. The minimum absolute atomic E-state index is 0.189. The van der Waals surface area contributed by atoms with Gasteiger partial charge in [0.15, 0.2) is 0 Å². The van der Waals surface area contributed by atoms with Crippen LogP contribution >= 0.6 is 0 Å². The van der Waals surface area contributed by atoms with E-state index in [0.29, 0.717) is 27.7 Å². The summed E-state index contributed by atoms with van der Waals surface area (Å²) in [6.07, 6.45) is -0.786. The minimum atomic E-state index is -1.42. The topological polar surface area (TPSA) is 85.0 Å². The fourth-order valence-corrected chi connectivity index (χ4v) is 6.10. The quantitative estimate of drug-likeness (QED) is 0.235. The number of benzene rings is 3. The molecular formula is C36H35F2N4O4+. The maximum atomic E-state index is 15.1. The molecule has 1 saturated carbocycles. The molecule has 10 heteroatoms. The van der Waals surface area contributed by atoms with E-state index in [9.17, 15) is 18.8 Å². The summed E-state index contributed by atoms with van der Waals surface area (Å²) in [4.78, 5) is 45.7. The number of hydrogen-bond donors (Lipinski definition) is 1. The second-order valence-corrected chi connectivity index (χ2v) is 12.5. The molecule has 0 spiro atoms. The number of alkyl halides is 1. The standard InChI is InChI=1S/C36H34F2N4O4/c1-36(2,39-3)46-35(45)42-27(17-24-11-7-8-12-30(24)42)20-32(43)41-21-26(37)19-31(41)34(44)40-33(23-9-5-4-6-10-23)25-15-16-28(22-13-14-22)29(38)18-25/h3-12,15-18,22,26,31,33H,13-14,19-21H2,1-2H3/p+1/t26-,31+,33+/m1/s1. The Morgan fingerprint density at radius 3 is 2.43 bits per heavy atom. The lowest BCUT2D eigenvalue weighted by Gasteiger charge is -2.27. The number of hydrogen-bond acceptors (Lipinski definition) is 4. The van der Waals surface area contributed by atoms with Crippen LogP contribution in [0, 0.1) is 12.4 Å². The summed E-state index contributed by atoms with van der Waals surface area (Å²) < 4.78 is 36.8. The summed E-state index contributed by atoms with van der Waals surface area (Å²) >= 11 is 0. The van der Waals surface area contributed by atoms with Gasteiger partial charge in [-0.3, -0.25) is 9.59 Å². The third-order valence-electron chi connectivity index (χ3n) is 8.62. The molecule has 6 rings (SSSR count). The summed E-state index contributed by atoms with van der Waals surface area (Å²) in [5.74, 6) is -1.19. The molecule has 1 saturated heterocycles. The van der Waals surface area contributed by atoms with E-state index in [1.54, 1.807) is 42.5 Å². The first kappa shape index (κ1) is 31.0. The van der Waals surface area contributed by atoms with Crippen molar-refractivity contribution in [1.82, 2.24) is 14.8 Å². The molecule has 0 unspecified atom stereocenters. The van der Waals surface area contributed by atoms with Crippen LogP contribution < -0.4 is 5.32 Å². The number of likely N-dealkylation sites (tertiary alicyclic amines) is 1. The van der Waals surface area contributed by atoms with Crippen LogP contribution in [0.1, 0.15) is 67.5 Å². The van der Waals surface area contributed by atoms with Gasteiger partial charge < -0.3 is 15.0 Å². The molecule has 8 nitrogen and oxygen atoms in total. The molecule has 1 aliphatic carbocycles. The molecule has 2 heterocycles. The molecule has 236 valence electrons. The lowest BCUT2D eigenvalue weighted by Crippen LogP contribution is -2.47. The van der Waals surface area contributed by atoms with E-state index in [1.165, 1.54) is 29.4 Å². The molecule has 1 aromatic heterocycles. The van der Waals surface area contributed by atoms with Crippen LogP contribution in [-0.2, 0) is 20.7 Å². The Morgan fingerprint density at radius 2 is 1.74 bits per heavy atom. The number of fused-ring (bicyclic) bond motifs is 1. The van der Waals surface area contributed by atoms with Gasteiger partial charge in [0.05, 0.1) is 38.4 Å². The van der Waals surface area contributed by atoms with Crippen molar-refractivity contribution >= 4 is 28.8 Å². The molecule has 3 aromatic carbocycles. The van der Waals surface area contributed by atoms with Crippen LogP contribution in [0.5, 0.6) is 0 Å². The van der Waals surface area contributed by atoms with Crippen molar-refractivity contribution in [3.8, 4) is 6.57 Å². The molecular weight excluding hydrogens is 590 g/mol. The Kier molecular flexibility index (Phi) is 8.34. The highest BCUT2D eigenvalue weighted by Crippen LogP contribution is 2.42. The predicted molar refractivity (Wildman–Crippen MR) is 170 cm³/mol. The van der Waals surface area contributed by atoms with Crippen molar-refractivity contribution < 1.29 is 27.9 Å². The first-order chi connectivity index (χ1) is 22.0. The van der Waals surface area contributed by atoms with Gasteiger partial charge >= 0.3 is 11.8 Å². The van der Waals surface area contributed by atoms with Crippen molar-refractivity contribution in [2.45, 2.75) is 69.4 Å². The number of amides is 2. The number of halogens is 2. The van der Waals surface area contributed by atoms with Crippen molar-refractivity contribution in [2.24, 2.45) is 0 Å². The second kappa shape index (κ2) is 12.4. The molecule has 2 amide bonds. The Balaban J connectivity index is 1.26. The number of nitrogens with one attached hydrogen (secondary N) is 1. The highest BCUT2D eigenvalue weighted by atomic mass is 19.1. The lowest BCUT2D eigenvalue weighted by molar-refractivity contribution is -0.138. The predicted octanol–water partition coefficient (Wildman–Crippen LogP) is 6.73. The fourth-order valence-electron chi connectivity index (χ4n) is 6.10. The van der Waals surface area contributed by atoms with Gasteiger partial charge in [-0.05, 0) is 58.5 Å². The molecule has 2 fully saturated rings. The molecule has 46 heavy (non-hydrogen) atoms. The van der Waals surface area contributed by atoms with E-state index in [2.05, 4.69) is 10.2 Å². The number of carbonyl (C=O) groups excluding carboxylic acids is 3. The van der Waals surface area contributed by atoms with Crippen molar-refractivity contribution in [2.75, 3.05) is 6.54 Å². The highest BCUT2D eigenvalue weighted by molar-refractivity contribution is 5.94. The van der Waals surface area contributed by atoms with Gasteiger partial charge in [0.1, 0.15) is 18.0 Å². The normalized spacial score (nSPS) is 18.6. The Morgan fingerprint density at radius 1 is 1.02 bits per heavy atom. The van der Waals surface area contributed by atoms with E-state index < -0.39 is 41.9 Å². The smallest absolute Gasteiger partial charge is 0.369 e. The van der Waals surface area contributed by atoms with Gasteiger partial charge in [0.25, 0.3) is 6.57 Å². The third kappa shape index (κ3) is 6.36. The van der Waals surface area contributed by atoms with Crippen LogP contribution in [0.25, 0.3) is 15.7 Å². The fraction of sp³-hybridized carbons (Fsp3) is 0.333. The van der Waals surface area contributed by atoms with Crippen molar-refractivity contribution in [1.29, 1.82) is 0 Å². The Labute approximate surface area is 265 Å². The first-order valence-electron chi connectivity index (χ1n) is 15.4. The monoisotopic (exact) mass is 625 g/mol. The highest BCUT2D eigenvalue weighted by Gasteiger charge is 2.41. The lowest BCUT2D eigenvalue weighted by atomic mass is 9.96. The number of ether oxygens (including phenoxy) is 1. The number of nitrogens with zero attached hydrogens (tertiary/aromatic N) is 3. The number of rotatable bonds is 8. The van der Waals surface area contributed by atoms with Gasteiger partial charge in [0, 0.05) is 17.5 Å². The summed E-state index contributed by atoms with van der Waals surface area (Å²) in [5.41, 5.74) is 1.42. The van der Waals surface area contributed by atoms with E-state index in [0.717, 1.165) is 18.4 Å². The Bertz CT molecular complexity index is 1840. The third-order valence-corrected chi connectivity index (χ3v) is 8.62. The van der Waals surface area contributed by atoms with E-state index >= 15 is 4.39 Å². The van der Waals surface area contributed by atoms with Gasteiger partial charge in [-0.15, -0.1) is 0 Å². The first-order valence-corrected chi connectivity index (χ1v) is 15.4. The zero-order valence-electron chi connectivity index (χ0n) is 25.7. The molecule has 1 aliphatic heterocycles.